The van der Waals surface area contributed by atoms with Crippen LogP contribution in [0.25, 0.3) is 10.6 Å². The minimum atomic E-state index is -3.95. The third-order valence-corrected chi connectivity index (χ3v) is 9.21. The highest BCUT2D eigenvalue weighted by atomic mass is 32.2. The molecule has 0 fully saturated rings. The number of ether oxygens (including phenoxy) is 1. The Labute approximate surface area is 241 Å². The van der Waals surface area contributed by atoms with Gasteiger partial charge < -0.3 is 25.4 Å². The number of benzene rings is 3. The molecule has 0 saturated heterocycles. The van der Waals surface area contributed by atoms with Crippen molar-refractivity contribution in [2.24, 2.45) is 0 Å². The van der Waals surface area contributed by atoms with Crippen molar-refractivity contribution in [1.29, 1.82) is 0 Å². The number of hydrogen-bond donors (Lipinski definition) is 3. The fraction of sp³-hybridized carbons (Fsp3) is 0.207. The zero-order valence-corrected chi connectivity index (χ0v) is 24.0. The van der Waals surface area contributed by atoms with Gasteiger partial charge in [0.1, 0.15) is 23.5 Å². The van der Waals surface area contributed by atoms with Crippen LogP contribution in [0.15, 0.2) is 82.7 Å². The van der Waals surface area contributed by atoms with E-state index in [4.69, 9.17) is 4.74 Å². The molecule has 10 nitrogen and oxygen atoms in total. The monoisotopic (exact) mass is 592 g/mol. The van der Waals surface area contributed by atoms with Crippen molar-refractivity contribution in [3.05, 3.63) is 88.9 Å². The van der Waals surface area contributed by atoms with Gasteiger partial charge in [0, 0.05) is 28.7 Å². The van der Waals surface area contributed by atoms with Crippen molar-refractivity contribution >= 4 is 38.7 Å². The normalized spacial score (nSPS) is 14.4. The van der Waals surface area contributed by atoms with Gasteiger partial charge in [0.25, 0.3) is 11.8 Å². The summed E-state index contributed by atoms with van der Waals surface area (Å²) in [5.41, 5.74) is 1.20. The Balaban J connectivity index is 1.22. The number of aromatic nitrogens is 1. The van der Waals surface area contributed by atoms with Crippen molar-refractivity contribution < 1.29 is 27.9 Å². The summed E-state index contributed by atoms with van der Waals surface area (Å²) in [5, 5.41) is 16.2. The Kier molecular flexibility index (Phi) is 8.18. The topological polar surface area (TPSA) is 138 Å². The summed E-state index contributed by atoms with van der Waals surface area (Å²) in [6.07, 6.45) is 1.10. The Morgan fingerprint density at radius 1 is 1.10 bits per heavy atom. The minimum Gasteiger partial charge on any atom is -0.491 e. The highest BCUT2D eigenvalue weighted by Crippen LogP contribution is 2.34. The summed E-state index contributed by atoms with van der Waals surface area (Å²) < 4.78 is 32.0. The van der Waals surface area contributed by atoms with Crippen LogP contribution in [-0.4, -0.2) is 68.6 Å². The number of nitrogens with zero attached hydrogens (tertiary/aromatic N) is 2. The minimum absolute atomic E-state index is 0.0525. The molecule has 212 valence electrons. The smallest absolute Gasteiger partial charge is 0.257 e. The SMILES string of the molecule is CN(C)CC(O)COc1ccc(-c2ncc(CNC(=O)c3ccc4c(c3)NC(=O)c3ccccc3S4(=O)=O)s2)cc1. The lowest BCUT2D eigenvalue weighted by Crippen LogP contribution is -2.30. The van der Waals surface area contributed by atoms with Gasteiger partial charge in [-0.1, -0.05) is 12.1 Å². The van der Waals surface area contributed by atoms with Crippen molar-refractivity contribution in [3.63, 3.8) is 0 Å². The summed E-state index contributed by atoms with van der Waals surface area (Å²) in [7, 11) is -0.181. The number of aliphatic hydroxyl groups excluding tert-OH is 1. The molecule has 2 amide bonds. The molecule has 41 heavy (non-hydrogen) atoms. The predicted octanol–water partition coefficient (Wildman–Crippen LogP) is 3.44. The molecule has 1 aromatic heterocycles. The van der Waals surface area contributed by atoms with Gasteiger partial charge in [0.15, 0.2) is 0 Å². The van der Waals surface area contributed by atoms with Crippen molar-refractivity contribution in [2.75, 3.05) is 32.6 Å². The van der Waals surface area contributed by atoms with Crippen molar-refractivity contribution in [3.8, 4) is 16.3 Å². The van der Waals surface area contributed by atoms with E-state index in [0.717, 1.165) is 15.4 Å². The number of rotatable bonds is 9. The summed E-state index contributed by atoms with van der Waals surface area (Å²) in [5.74, 6) is -0.336. The van der Waals surface area contributed by atoms with Gasteiger partial charge in [0.05, 0.1) is 27.6 Å². The lowest BCUT2D eigenvalue weighted by Gasteiger charge is -2.16. The third kappa shape index (κ3) is 6.30. The molecule has 12 heteroatoms. The lowest BCUT2D eigenvalue weighted by atomic mass is 10.1. The molecule has 4 aromatic rings. The fourth-order valence-electron chi connectivity index (χ4n) is 4.35. The molecule has 0 spiro atoms. The number of thiazole rings is 1. The van der Waals surface area contributed by atoms with Gasteiger partial charge in [-0.2, -0.15) is 0 Å². The first-order chi connectivity index (χ1) is 19.6. The predicted molar refractivity (Wildman–Crippen MR) is 155 cm³/mol. The summed E-state index contributed by atoms with van der Waals surface area (Å²) in [4.78, 5) is 32.6. The molecular weight excluding hydrogens is 564 g/mol. The first-order valence-electron chi connectivity index (χ1n) is 12.7. The van der Waals surface area contributed by atoms with Gasteiger partial charge in [0.2, 0.25) is 9.84 Å². The van der Waals surface area contributed by atoms with Crippen LogP contribution in [0, 0.1) is 0 Å². The highest BCUT2D eigenvalue weighted by Gasteiger charge is 2.31. The molecular formula is C29H28N4O6S2. The molecule has 2 heterocycles. The maximum Gasteiger partial charge on any atom is 0.257 e. The average Bonchev–Trinajstić information content (AvgIpc) is 3.41. The Hall–Kier alpha value is -4.10. The first-order valence-corrected chi connectivity index (χ1v) is 15.0. The van der Waals surface area contributed by atoms with Crippen LogP contribution in [0.2, 0.25) is 0 Å². The van der Waals surface area contributed by atoms with E-state index in [1.807, 2.05) is 43.3 Å². The molecule has 3 aromatic carbocycles. The van der Waals surface area contributed by atoms with E-state index in [0.29, 0.717) is 12.3 Å². The van der Waals surface area contributed by atoms with E-state index in [2.05, 4.69) is 15.6 Å². The van der Waals surface area contributed by atoms with E-state index in [1.54, 1.807) is 18.3 Å². The number of hydrogen-bond acceptors (Lipinski definition) is 9. The molecule has 1 atom stereocenters. The molecule has 0 saturated carbocycles. The average molecular weight is 593 g/mol. The molecule has 5 rings (SSSR count). The lowest BCUT2D eigenvalue weighted by molar-refractivity contribution is 0.0831. The molecule has 0 aliphatic carbocycles. The second-order valence-electron chi connectivity index (χ2n) is 9.73. The number of carbonyl (C=O) groups excluding carboxylic acids is 2. The number of fused-ring (bicyclic) bond motifs is 2. The Bertz CT molecular complexity index is 1700. The van der Waals surface area contributed by atoms with Gasteiger partial charge >= 0.3 is 0 Å². The van der Waals surface area contributed by atoms with Crippen LogP contribution in [0.3, 0.4) is 0 Å². The third-order valence-electron chi connectivity index (χ3n) is 6.30. The Morgan fingerprint density at radius 2 is 1.85 bits per heavy atom. The van der Waals surface area contributed by atoms with Gasteiger partial charge in [-0.15, -0.1) is 11.3 Å². The van der Waals surface area contributed by atoms with Crippen molar-refractivity contribution in [2.45, 2.75) is 22.4 Å². The second-order valence-corrected chi connectivity index (χ2v) is 12.7. The van der Waals surface area contributed by atoms with Gasteiger partial charge in [-0.25, -0.2) is 13.4 Å². The number of likely N-dealkylation sites (N-methyl/N-ethyl adjacent to an activating group) is 1. The maximum atomic E-state index is 13.2. The van der Waals surface area contributed by atoms with Crippen LogP contribution in [0.5, 0.6) is 5.75 Å². The van der Waals surface area contributed by atoms with Gasteiger partial charge in [-0.3, -0.25) is 9.59 Å². The first kappa shape index (κ1) is 28.4. The highest BCUT2D eigenvalue weighted by molar-refractivity contribution is 7.91. The zero-order valence-electron chi connectivity index (χ0n) is 22.3. The van der Waals surface area contributed by atoms with Crippen LogP contribution >= 0.6 is 11.3 Å². The standard InChI is InChI=1S/C29H28N4O6S2/c1-33(2)16-20(34)17-39-21-10-7-18(8-11-21)29-31-15-22(40-29)14-30-27(35)19-9-12-26-24(13-19)32-28(36)23-5-3-4-6-25(23)41(26,37)38/h3-13,15,20,34H,14,16-17H2,1-2H3,(H,30,35)(H,32,36). The molecule has 1 aliphatic heterocycles. The number of aliphatic hydroxyl groups is 1. The number of amides is 2. The molecule has 3 N–H and O–H groups in total. The van der Waals surface area contributed by atoms with E-state index in [1.165, 1.54) is 41.7 Å². The van der Waals surface area contributed by atoms with E-state index in [9.17, 15) is 23.1 Å². The molecule has 1 unspecified atom stereocenters. The summed E-state index contributed by atoms with van der Waals surface area (Å²) in [6.45, 7) is 0.920. The quantitative estimate of drug-likeness (QED) is 0.269. The number of carbonyl (C=O) groups is 2. The number of sulfone groups is 1. The second kappa shape index (κ2) is 11.8. The van der Waals surface area contributed by atoms with Crippen LogP contribution in [0.4, 0.5) is 5.69 Å². The van der Waals surface area contributed by atoms with E-state index >= 15 is 0 Å². The summed E-state index contributed by atoms with van der Waals surface area (Å²) >= 11 is 1.42. The van der Waals surface area contributed by atoms with E-state index in [-0.39, 0.29) is 39.8 Å². The number of anilines is 1. The largest absolute Gasteiger partial charge is 0.491 e. The summed E-state index contributed by atoms with van der Waals surface area (Å²) in [6, 6.07) is 17.5. The molecule has 0 bridgehead atoms. The van der Waals surface area contributed by atoms with Crippen LogP contribution in [0.1, 0.15) is 25.6 Å². The maximum absolute atomic E-state index is 13.2. The molecule has 1 aliphatic rings. The van der Waals surface area contributed by atoms with Crippen molar-refractivity contribution in [1.82, 2.24) is 15.2 Å². The zero-order chi connectivity index (χ0) is 29.1. The fourth-order valence-corrected chi connectivity index (χ4v) is 6.80. The molecule has 0 radical (unpaired) electrons. The van der Waals surface area contributed by atoms with E-state index < -0.39 is 27.8 Å². The van der Waals surface area contributed by atoms with Gasteiger partial charge in [-0.05, 0) is 68.7 Å². The van der Waals surface area contributed by atoms with Crippen LogP contribution < -0.4 is 15.4 Å². The number of nitrogens with one attached hydrogen (secondary N) is 2. The Morgan fingerprint density at radius 3 is 2.61 bits per heavy atom. The van der Waals surface area contributed by atoms with Crippen LogP contribution in [-0.2, 0) is 16.4 Å².